The molecule has 0 aliphatic carbocycles. The Morgan fingerprint density at radius 3 is 2.85 bits per heavy atom. The summed E-state index contributed by atoms with van der Waals surface area (Å²) in [5.41, 5.74) is 4.59. The molecule has 0 bridgehead atoms. The van der Waals surface area contributed by atoms with Crippen molar-refractivity contribution in [3.05, 3.63) is 40.7 Å². The van der Waals surface area contributed by atoms with Gasteiger partial charge in [-0.05, 0) is 38.5 Å². The first-order valence-corrected chi connectivity index (χ1v) is 6.78. The number of ether oxygens (including phenoxy) is 2. The van der Waals surface area contributed by atoms with E-state index in [0.29, 0.717) is 6.79 Å². The molecule has 3 rings (SSSR count). The highest BCUT2D eigenvalue weighted by atomic mass is 16.7. The fraction of sp³-hybridized carbons (Fsp3) is 0.400. The van der Waals surface area contributed by atoms with E-state index >= 15 is 0 Å². The largest absolute Gasteiger partial charge is 0.454 e. The molecule has 1 aromatic heterocycles. The van der Waals surface area contributed by atoms with Crippen molar-refractivity contribution in [2.24, 2.45) is 0 Å². The van der Waals surface area contributed by atoms with Gasteiger partial charge < -0.3 is 14.8 Å². The number of H-pyrrole nitrogens is 1. The Morgan fingerprint density at radius 1 is 1.30 bits per heavy atom. The lowest BCUT2D eigenvalue weighted by molar-refractivity contribution is 0.174. The molecular weight excluding hydrogens is 254 g/mol. The molecular formula is C15H19N3O2. The maximum Gasteiger partial charge on any atom is 0.231 e. The fourth-order valence-electron chi connectivity index (χ4n) is 2.39. The molecule has 0 amide bonds. The summed E-state index contributed by atoms with van der Waals surface area (Å²) in [5, 5.41) is 10.7. The van der Waals surface area contributed by atoms with Gasteiger partial charge in [0.2, 0.25) is 6.79 Å². The zero-order valence-electron chi connectivity index (χ0n) is 12.0. The molecule has 2 aromatic rings. The van der Waals surface area contributed by atoms with Gasteiger partial charge >= 0.3 is 0 Å². The summed E-state index contributed by atoms with van der Waals surface area (Å²) in [4.78, 5) is 0. The summed E-state index contributed by atoms with van der Waals surface area (Å²) in [6, 6.07) is 6.30. The van der Waals surface area contributed by atoms with Crippen LogP contribution in [0.4, 0.5) is 0 Å². The maximum atomic E-state index is 5.41. The first kappa shape index (κ1) is 13.0. The molecule has 1 aromatic carbocycles. The molecule has 1 aliphatic heterocycles. The van der Waals surface area contributed by atoms with Gasteiger partial charge in [-0.3, -0.25) is 5.10 Å². The molecule has 0 fully saturated rings. The molecule has 0 saturated heterocycles. The lowest BCUT2D eigenvalue weighted by Crippen LogP contribution is -2.18. The van der Waals surface area contributed by atoms with Crippen LogP contribution in [0.1, 0.15) is 35.5 Å². The predicted octanol–water partition coefficient (Wildman–Crippen LogP) is 2.61. The standard InChI is InChI=1S/C15H19N3O2/c1-9(16-7-13-10(2)17-18-11(13)3)12-4-5-14-15(6-12)20-8-19-14/h4-6,9,16H,7-8H2,1-3H3,(H,17,18). The second-order valence-corrected chi connectivity index (χ2v) is 5.13. The van der Waals surface area contributed by atoms with Crippen LogP contribution in [0.5, 0.6) is 11.5 Å². The first-order chi connectivity index (χ1) is 9.65. The lowest BCUT2D eigenvalue weighted by Gasteiger charge is -2.15. The van der Waals surface area contributed by atoms with E-state index < -0.39 is 0 Å². The highest BCUT2D eigenvalue weighted by Gasteiger charge is 2.16. The van der Waals surface area contributed by atoms with E-state index in [0.717, 1.165) is 29.4 Å². The van der Waals surface area contributed by atoms with E-state index in [-0.39, 0.29) is 6.04 Å². The van der Waals surface area contributed by atoms with Crippen LogP contribution >= 0.6 is 0 Å². The van der Waals surface area contributed by atoms with Crippen LogP contribution in [0.25, 0.3) is 0 Å². The Hall–Kier alpha value is -2.01. The smallest absolute Gasteiger partial charge is 0.231 e. The molecule has 0 spiro atoms. The number of aryl methyl sites for hydroxylation is 2. The quantitative estimate of drug-likeness (QED) is 0.899. The summed E-state index contributed by atoms with van der Waals surface area (Å²) in [6.07, 6.45) is 0. The van der Waals surface area contributed by atoms with E-state index in [1.165, 1.54) is 11.1 Å². The first-order valence-electron chi connectivity index (χ1n) is 6.78. The third kappa shape index (κ3) is 2.36. The highest BCUT2D eigenvalue weighted by Crippen LogP contribution is 2.34. The Kier molecular flexibility index (Phi) is 3.36. The fourth-order valence-corrected chi connectivity index (χ4v) is 2.39. The molecule has 106 valence electrons. The Morgan fingerprint density at radius 2 is 2.10 bits per heavy atom. The molecule has 2 heterocycles. The van der Waals surface area contributed by atoms with Crippen LogP contribution in [0, 0.1) is 13.8 Å². The third-order valence-electron chi connectivity index (χ3n) is 3.76. The molecule has 1 unspecified atom stereocenters. The van der Waals surface area contributed by atoms with Gasteiger partial charge in [0.25, 0.3) is 0 Å². The Bertz CT molecular complexity index is 602. The van der Waals surface area contributed by atoms with Gasteiger partial charge in [0, 0.05) is 23.8 Å². The van der Waals surface area contributed by atoms with E-state index in [1.807, 2.05) is 26.0 Å². The van der Waals surface area contributed by atoms with Crippen LogP contribution in [0.15, 0.2) is 18.2 Å². The van der Waals surface area contributed by atoms with Crippen molar-refractivity contribution >= 4 is 0 Å². The normalized spacial score (nSPS) is 14.6. The molecule has 0 radical (unpaired) electrons. The minimum absolute atomic E-state index is 0.234. The van der Waals surface area contributed by atoms with Crippen molar-refractivity contribution in [2.75, 3.05) is 6.79 Å². The van der Waals surface area contributed by atoms with Crippen molar-refractivity contribution in [3.63, 3.8) is 0 Å². The van der Waals surface area contributed by atoms with Crippen LogP contribution in [-0.2, 0) is 6.54 Å². The zero-order chi connectivity index (χ0) is 14.1. The SMILES string of the molecule is Cc1n[nH]c(C)c1CNC(C)c1ccc2c(c1)OCO2. The molecule has 5 heteroatoms. The molecule has 0 saturated carbocycles. The Labute approximate surface area is 118 Å². The Balaban J connectivity index is 1.69. The summed E-state index contributed by atoms with van der Waals surface area (Å²) in [6.45, 7) is 7.31. The average molecular weight is 273 g/mol. The van der Waals surface area contributed by atoms with Gasteiger partial charge in [-0.2, -0.15) is 5.10 Å². The minimum Gasteiger partial charge on any atom is -0.454 e. The van der Waals surface area contributed by atoms with E-state index in [2.05, 4.69) is 28.5 Å². The molecule has 1 aliphatic rings. The molecule has 20 heavy (non-hydrogen) atoms. The van der Waals surface area contributed by atoms with Crippen LogP contribution in [-0.4, -0.2) is 17.0 Å². The van der Waals surface area contributed by atoms with Gasteiger partial charge in [-0.1, -0.05) is 6.07 Å². The predicted molar refractivity (Wildman–Crippen MR) is 75.9 cm³/mol. The number of nitrogens with zero attached hydrogens (tertiary/aromatic N) is 1. The summed E-state index contributed by atoms with van der Waals surface area (Å²) in [7, 11) is 0. The van der Waals surface area contributed by atoms with Gasteiger partial charge in [0.05, 0.1) is 5.69 Å². The van der Waals surface area contributed by atoms with E-state index in [4.69, 9.17) is 9.47 Å². The van der Waals surface area contributed by atoms with Gasteiger partial charge in [0.15, 0.2) is 11.5 Å². The summed E-state index contributed by atoms with van der Waals surface area (Å²) >= 11 is 0. The zero-order valence-corrected chi connectivity index (χ0v) is 12.0. The van der Waals surface area contributed by atoms with Gasteiger partial charge in [-0.25, -0.2) is 0 Å². The lowest BCUT2D eigenvalue weighted by atomic mass is 10.1. The minimum atomic E-state index is 0.234. The van der Waals surface area contributed by atoms with E-state index in [9.17, 15) is 0 Å². The second-order valence-electron chi connectivity index (χ2n) is 5.13. The third-order valence-corrected chi connectivity index (χ3v) is 3.76. The number of aromatic amines is 1. The monoisotopic (exact) mass is 273 g/mol. The van der Waals surface area contributed by atoms with Gasteiger partial charge in [-0.15, -0.1) is 0 Å². The van der Waals surface area contributed by atoms with Gasteiger partial charge in [0.1, 0.15) is 0 Å². The van der Waals surface area contributed by atoms with E-state index in [1.54, 1.807) is 0 Å². The number of rotatable bonds is 4. The van der Waals surface area contributed by atoms with Crippen molar-refractivity contribution in [1.82, 2.24) is 15.5 Å². The number of nitrogens with one attached hydrogen (secondary N) is 2. The maximum absolute atomic E-state index is 5.41. The van der Waals surface area contributed by atoms with Crippen LogP contribution < -0.4 is 14.8 Å². The highest BCUT2D eigenvalue weighted by molar-refractivity contribution is 5.45. The number of fused-ring (bicyclic) bond motifs is 1. The van der Waals surface area contributed by atoms with Crippen molar-refractivity contribution in [2.45, 2.75) is 33.4 Å². The number of hydrogen-bond acceptors (Lipinski definition) is 4. The number of benzene rings is 1. The molecule has 2 N–H and O–H groups in total. The topological polar surface area (TPSA) is 59.2 Å². The van der Waals surface area contributed by atoms with Crippen LogP contribution in [0.2, 0.25) is 0 Å². The van der Waals surface area contributed by atoms with Crippen molar-refractivity contribution in [3.8, 4) is 11.5 Å². The van der Waals surface area contributed by atoms with Crippen molar-refractivity contribution in [1.29, 1.82) is 0 Å². The molecule has 1 atom stereocenters. The van der Waals surface area contributed by atoms with Crippen molar-refractivity contribution < 1.29 is 9.47 Å². The summed E-state index contributed by atoms with van der Waals surface area (Å²) < 4.78 is 10.7. The van der Waals surface area contributed by atoms with Crippen LogP contribution in [0.3, 0.4) is 0 Å². The number of hydrogen-bond donors (Lipinski definition) is 2. The average Bonchev–Trinajstić information content (AvgIpc) is 3.03. The second kappa shape index (κ2) is 5.17. The summed E-state index contributed by atoms with van der Waals surface area (Å²) in [5.74, 6) is 1.65. The number of aromatic nitrogens is 2. The molecule has 5 nitrogen and oxygen atoms in total.